The average Bonchev–Trinajstić information content (AvgIpc) is 3.39. The second-order valence-electron chi connectivity index (χ2n) is 7.64. The fourth-order valence-corrected chi connectivity index (χ4v) is 6.06. The van der Waals surface area contributed by atoms with E-state index in [1.807, 2.05) is 24.3 Å². The van der Waals surface area contributed by atoms with Gasteiger partial charge in [-0.3, -0.25) is 4.79 Å². The van der Waals surface area contributed by atoms with Crippen molar-refractivity contribution >= 4 is 32.6 Å². The standard InChI is InChI=1S/C20H24N2O5S/c23-19(12-27-20(24)18-11-14-5-1-4-8-17(14)21-18)22(15-6-2-3-7-15)16-9-10-28(25,26)13-16/h1,4-5,8,11,15-16,21H,2-3,6-7,9-10,12-13H2. The molecule has 28 heavy (non-hydrogen) atoms. The van der Waals surface area contributed by atoms with Gasteiger partial charge < -0.3 is 14.6 Å². The fourth-order valence-electron chi connectivity index (χ4n) is 4.35. The van der Waals surface area contributed by atoms with Crippen LogP contribution in [0.4, 0.5) is 0 Å². The van der Waals surface area contributed by atoms with Gasteiger partial charge in [-0.1, -0.05) is 31.0 Å². The van der Waals surface area contributed by atoms with E-state index >= 15 is 0 Å². The molecule has 1 aromatic heterocycles. The van der Waals surface area contributed by atoms with Crippen LogP contribution in [0.25, 0.3) is 10.9 Å². The number of fused-ring (bicyclic) bond motifs is 1. The predicted molar refractivity (Wildman–Crippen MR) is 105 cm³/mol. The van der Waals surface area contributed by atoms with Gasteiger partial charge in [-0.15, -0.1) is 0 Å². The van der Waals surface area contributed by atoms with Gasteiger partial charge >= 0.3 is 5.97 Å². The summed E-state index contributed by atoms with van der Waals surface area (Å²) in [6.45, 7) is -0.374. The summed E-state index contributed by atoms with van der Waals surface area (Å²) in [5, 5.41) is 0.893. The lowest BCUT2D eigenvalue weighted by molar-refractivity contribution is -0.139. The van der Waals surface area contributed by atoms with Crippen LogP contribution in [0.5, 0.6) is 0 Å². The number of amides is 1. The number of esters is 1. The molecule has 8 heteroatoms. The number of hydrogen-bond acceptors (Lipinski definition) is 5. The Kier molecular flexibility index (Phi) is 5.14. The van der Waals surface area contributed by atoms with Crippen molar-refractivity contribution in [1.82, 2.24) is 9.88 Å². The summed E-state index contributed by atoms with van der Waals surface area (Å²) in [6.07, 6.45) is 4.27. The largest absolute Gasteiger partial charge is 0.451 e. The second kappa shape index (κ2) is 7.58. The van der Waals surface area contributed by atoms with Crippen LogP contribution in [0.2, 0.25) is 0 Å². The van der Waals surface area contributed by atoms with Gasteiger partial charge in [0.15, 0.2) is 16.4 Å². The smallest absolute Gasteiger partial charge is 0.355 e. The molecule has 0 bridgehead atoms. The first-order valence-corrected chi connectivity index (χ1v) is 11.5. The van der Waals surface area contributed by atoms with Crippen molar-refractivity contribution in [3.63, 3.8) is 0 Å². The highest BCUT2D eigenvalue weighted by atomic mass is 32.2. The Balaban J connectivity index is 1.44. The van der Waals surface area contributed by atoms with E-state index in [2.05, 4.69) is 4.98 Å². The quantitative estimate of drug-likeness (QED) is 0.771. The van der Waals surface area contributed by atoms with Gasteiger partial charge in [-0.05, 0) is 31.4 Å². The normalized spacial score (nSPS) is 21.8. The van der Waals surface area contributed by atoms with Crippen LogP contribution in [0, 0.1) is 0 Å². The van der Waals surface area contributed by atoms with Gasteiger partial charge in [0.1, 0.15) is 5.69 Å². The molecule has 1 amide bonds. The maximum atomic E-state index is 12.9. The molecule has 0 radical (unpaired) electrons. The molecule has 0 spiro atoms. The van der Waals surface area contributed by atoms with E-state index in [-0.39, 0.29) is 36.1 Å². The minimum absolute atomic E-state index is 0.00516. The summed E-state index contributed by atoms with van der Waals surface area (Å²) in [7, 11) is -3.10. The zero-order valence-corrected chi connectivity index (χ0v) is 16.4. The van der Waals surface area contributed by atoms with E-state index < -0.39 is 15.8 Å². The Morgan fingerprint density at radius 2 is 1.86 bits per heavy atom. The molecule has 1 N–H and O–H groups in total. The van der Waals surface area contributed by atoms with Gasteiger partial charge in [-0.2, -0.15) is 0 Å². The monoisotopic (exact) mass is 404 g/mol. The van der Waals surface area contributed by atoms with E-state index in [4.69, 9.17) is 4.74 Å². The molecule has 150 valence electrons. The molecule has 1 atom stereocenters. The highest BCUT2D eigenvalue weighted by Crippen LogP contribution is 2.29. The Bertz CT molecular complexity index is 958. The van der Waals surface area contributed by atoms with Crippen molar-refractivity contribution in [2.75, 3.05) is 18.1 Å². The molecule has 4 rings (SSSR count). The van der Waals surface area contributed by atoms with Crippen LogP contribution in [0.1, 0.15) is 42.6 Å². The number of rotatable bonds is 5. The number of hydrogen-bond donors (Lipinski definition) is 1. The molecule has 1 saturated carbocycles. The molecule has 2 aliphatic rings. The van der Waals surface area contributed by atoms with Gasteiger partial charge in [0, 0.05) is 23.0 Å². The zero-order valence-electron chi connectivity index (χ0n) is 15.6. The molecule has 2 heterocycles. The summed E-state index contributed by atoms with van der Waals surface area (Å²) in [4.78, 5) is 29.9. The lowest BCUT2D eigenvalue weighted by atomic mass is 10.1. The number of carbonyl (C=O) groups excluding carboxylic acids is 2. The third-order valence-electron chi connectivity index (χ3n) is 5.68. The highest BCUT2D eigenvalue weighted by molar-refractivity contribution is 7.91. The lowest BCUT2D eigenvalue weighted by Gasteiger charge is -2.33. The number of H-pyrrole nitrogens is 1. The molecule has 2 aromatic rings. The summed E-state index contributed by atoms with van der Waals surface area (Å²) in [5.74, 6) is -0.776. The minimum Gasteiger partial charge on any atom is -0.451 e. The maximum Gasteiger partial charge on any atom is 0.355 e. The van der Waals surface area contributed by atoms with Crippen LogP contribution >= 0.6 is 0 Å². The zero-order chi connectivity index (χ0) is 19.7. The summed E-state index contributed by atoms with van der Waals surface area (Å²) >= 11 is 0. The third kappa shape index (κ3) is 3.92. The first-order chi connectivity index (χ1) is 13.4. The molecule has 1 saturated heterocycles. The van der Waals surface area contributed by atoms with E-state index in [0.29, 0.717) is 12.1 Å². The Labute approximate surface area is 164 Å². The van der Waals surface area contributed by atoms with Crippen molar-refractivity contribution < 1.29 is 22.7 Å². The molecule has 7 nitrogen and oxygen atoms in total. The molecular formula is C20H24N2O5S. The summed E-state index contributed by atoms with van der Waals surface area (Å²) < 4.78 is 29.0. The number of benzene rings is 1. The van der Waals surface area contributed by atoms with Crippen molar-refractivity contribution in [1.29, 1.82) is 0 Å². The Morgan fingerprint density at radius 3 is 2.54 bits per heavy atom. The van der Waals surface area contributed by atoms with Crippen molar-refractivity contribution in [2.24, 2.45) is 0 Å². The number of nitrogens with one attached hydrogen (secondary N) is 1. The van der Waals surface area contributed by atoms with Gasteiger partial charge in [0.25, 0.3) is 5.91 Å². The van der Waals surface area contributed by atoms with Crippen LogP contribution < -0.4 is 0 Å². The Morgan fingerprint density at radius 1 is 1.11 bits per heavy atom. The first kappa shape index (κ1) is 19.0. The van der Waals surface area contributed by atoms with Crippen LogP contribution in [0.3, 0.4) is 0 Å². The van der Waals surface area contributed by atoms with Gasteiger partial charge in [-0.25, -0.2) is 13.2 Å². The number of para-hydroxylation sites is 1. The highest BCUT2D eigenvalue weighted by Gasteiger charge is 2.39. The number of aromatic nitrogens is 1. The van der Waals surface area contributed by atoms with Gasteiger partial charge in [0.2, 0.25) is 0 Å². The van der Waals surface area contributed by atoms with Crippen LogP contribution in [-0.2, 0) is 19.4 Å². The van der Waals surface area contributed by atoms with Crippen molar-refractivity contribution in [3.05, 3.63) is 36.0 Å². The average molecular weight is 404 g/mol. The van der Waals surface area contributed by atoms with Crippen molar-refractivity contribution in [2.45, 2.75) is 44.2 Å². The SMILES string of the molecule is O=C(OCC(=O)N(C1CCCC1)C1CCS(=O)(=O)C1)c1cc2ccccc2[nH]1. The van der Waals surface area contributed by atoms with Crippen LogP contribution in [0.15, 0.2) is 30.3 Å². The summed E-state index contributed by atoms with van der Waals surface area (Å²) in [6, 6.07) is 8.91. The lowest BCUT2D eigenvalue weighted by Crippen LogP contribution is -2.48. The molecule has 1 unspecified atom stereocenters. The van der Waals surface area contributed by atoms with E-state index in [1.165, 1.54) is 0 Å². The second-order valence-corrected chi connectivity index (χ2v) is 9.87. The number of ether oxygens (including phenoxy) is 1. The number of aromatic amines is 1. The van der Waals surface area contributed by atoms with E-state index in [9.17, 15) is 18.0 Å². The molecule has 1 aromatic carbocycles. The fraction of sp³-hybridized carbons (Fsp3) is 0.500. The third-order valence-corrected chi connectivity index (χ3v) is 7.43. The molecule has 1 aliphatic heterocycles. The Hall–Kier alpha value is -2.35. The maximum absolute atomic E-state index is 12.9. The minimum atomic E-state index is -3.10. The number of nitrogens with zero attached hydrogens (tertiary/aromatic N) is 1. The number of sulfone groups is 1. The molecule has 2 fully saturated rings. The van der Waals surface area contributed by atoms with Gasteiger partial charge in [0.05, 0.1) is 11.5 Å². The molecular weight excluding hydrogens is 380 g/mol. The summed E-state index contributed by atoms with van der Waals surface area (Å²) in [5.41, 5.74) is 1.12. The topological polar surface area (TPSA) is 96.5 Å². The first-order valence-electron chi connectivity index (χ1n) is 9.69. The van der Waals surface area contributed by atoms with E-state index in [1.54, 1.807) is 11.0 Å². The van der Waals surface area contributed by atoms with E-state index in [0.717, 1.165) is 36.6 Å². The molecule has 1 aliphatic carbocycles. The van der Waals surface area contributed by atoms with Crippen molar-refractivity contribution in [3.8, 4) is 0 Å². The predicted octanol–water partition coefficient (Wildman–Crippen LogP) is 2.28. The number of carbonyl (C=O) groups is 2. The van der Waals surface area contributed by atoms with Crippen LogP contribution in [-0.4, -0.2) is 60.4 Å².